The van der Waals surface area contributed by atoms with Crippen LogP contribution in [0.2, 0.25) is 0 Å². The first-order chi connectivity index (χ1) is 16.2. The van der Waals surface area contributed by atoms with Crippen molar-refractivity contribution in [3.8, 4) is 0 Å². The first-order valence-corrected chi connectivity index (χ1v) is 12.9. The van der Waals surface area contributed by atoms with E-state index >= 15 is 0 Å². The molecule has 1 amide bonds. The summed E-state index contributed by atoms with van der Waals surface area (Å²) < 4.78 is 41.4. The average Bonchev–Trinajstić information content (AvgIpc) is 2.83. The highest BCUT2D eigenvalue weighted by Crippen LogP contribution is 2.26. The Morgan fingerprint density at radius 1 is 0.971 bits per heavy atom. The number of rotatable bonds is 7. The van der Waals surface area contributed by atoms with Crippen LogP contribution in [0, 0.1) is 12.7 Å². The van der Waals surface area contributed by atoms with Crippen molar-refractivity contribution in [2.75, 3.05) is 10.8 Å². The molecule has 0 saturated carbocycles. The van der Waals surface area contributed by atoms with Crippen LogP contribution in [0.25, 0.3) is 0 Å². The third-order valence-electron chi connectivity index (χ3n) is 6.26. The zero-order chi connectivity index (χ0) is 24.3. The summed E-state index contributed by atoms with van der Waals surface area (Å²) >= 11 is 0. The van der Waals surface area contributed by atoms with E-state index in [1.54, 1.807) is 12.1 Å². The molecule has 4 rings (SSSR count). The number of fused-ring (bicyclic) bond motifs is 1. The van der Waals surface area contributed by atoms with E-state index in [1.165, 1.54) is 60.4 Å². The summed E-state index contributed by atoms with van der Waals surface area (Å²) in [7, 11) is -4.04. The second kappa shape index (κ2) is 9.97. The molecule has 5 nitrogen and oxygen atoms in total. The summed E-state index contributed by atoms with van der Waals surface area (Å²) in [6.07, 6.45) is 4.49. The SMILES string of the molecule is Cc1ccc(S(=O)(=O)N(CC(=O)N[C@@H](C)c2ccc3c(c2)CCCC3)c2ccc(F)cc2)cc1. The van der Waals surface area contributed by atoms with Crippen molar-refractivity contribution in [3.63, 3.8) is 0 Å². The highest BCUT2D eigenvalue weighted by Gasteiger charge is 2.28. The summed E-state index contributed by atoms with van der Waals surface area (Å²) in [6, 6.07) is 17.5. The number of nitrogens with one attached hydrogen (secondary N) is 1. The van der Waals surface area contributed by atoms with Crippen LogP contribution in [-0.2, 0) is 27.7 Å². The molecule has 1 N–H and O–H groups in total. The highest BCUT2D eigenvalue weighted by atomic mass is 32.2. The molecule has 34 heavy (non-hydrogen) atoms. The summed E-state index contributed by atoms with van der Waals surface area (Å²) in [4.78, 5) is 13.1. The Hall–Kier alpha value is -3.19. The molecule has 7 heteroatoms. The molecule has 0 fully saturated rings. The number of carbonyl (C=O) groups is 1. The first-order valence-electron chi connectivity index (χ1n) is 11.5. The van der Waals surface area contributed by atoms with Crippen LogP contribution in [0.4, 0.5) is 10.1 Å². The number of hydrogen-bond donors (Lipinski definition) is 1. The lowest BCUT2D eigenvalue weighted by Gasteiger charge is -2.25. The van der Waals surface area contributed by atoms with E-state index in [0.29, 0.717) is 0 Å². The average molecular weight is 481 g/mol. The van der Waals surface area contributed by atoms with Gasteiger partial charge in [0.15, 0.2) is 0 Å². The Balaban J connectivity index is 1.56. The summed E-state index contributed by atoms with van der Waals surface area (Å²) in [5.41, 5.74) is 4.81. The van der Waals surface area contributed by atoms with Crippen molar-refractivity contribution in [2.24, 2.45) is 0 Å². The summed E-state index contributed by atoms with van der Waals surface area (Å²) in [6.45, 7) is 3.33. The van der Waals surface area contributed by atoms with E-state index < -0.39 is 28.3 Å². The maximum absolute atomic E-state index is 13.5. The van der Waals surface area contributed by atoms with E-state index in [9.17, 15) is 17.6 Å². The molecule has 0 unspecified atom stereocenters. The molecule has 0 saturated heterocycles. The minimum atomic E-state index is -4.04. The quantitative estimate of drug-likeness (QED) is 0.513. The Labute approximate surface area is 200 Å². The predicted octanol–water partition coefficient (Wildman–Crippen LogP) is 5.09. The van der Waals surface area contributed by atoms with Crippen molar-refractivity contribution < 1.29 is 17.6 Å². The van der Waals surface area contributed by atoms with Gasteiger partial charge in [-0.2, -0.15) is 0 Å². The topological polar surface area (TPSA) is 66.5 Å². The molecule has 1 aliphatic carbocycles. The van der Waals surface area contributed by atoms with Crippen molar-refractivity contribution in [1.82, 2.24) is 5.32 Å². The largest absolute Gasteiger partial charge is 0.348 e. The maximum atomic E-state index is 13.5. The van der Waals surface area contributed by atoms with Crippen LogP contribution in [0.1, 0.15) is 48.1 Å². The molecule has 0 spiro atoms. The monoisotopic (exact) mass is 480 g/mol. The minimum absolute atomic E-state index is 0.0676. The molecular weight excluding hydrogens is 451 g/mol. The van der Waals surface area contributed by atoms with E-state index in [0.717, 1.165) is 28.3 Å². The molecular formula is C27H29FN2O3S. The Morgan fingerprint density at radius 3 is 2.29 bits per heavy atom. The second-order valence-electron chi connectivity index (χ2n) is 8.83. The number of benzene rings is 3. The molecule has 0 aromatic heterocycles. The van der Waals surface area contributed by atoms with Gasteiger partial charge in [-0.15, -0.1) is 0 Å². The number of amides is 1. The van der Waals surface area contributed by atoms with Crippen molar-refractivity contribution in [1.29, 1.82) is 0 Å². The van der Waals surface area contributed by atoms with E-state index in [-0.39, 0.29) is 16.6 Å². The number of hydrogen-bond acceptors (Lipinski definition) is 3. The van der Waals surface area contributed by atoms with Crippen LogP contribution in [0.5, 0.6) is 0 Å². The van der Waals surface area contributed by atoms with Crippen molar-refractivity contribution >= 4 is 21.6 Å². The lowest BCUT2D eigenvalue weighted by molar-refractivity contribution is -0.120. The van der Waals surface area contributed by atoms with Crippen molar-refractivity contribution in [3.05, 3.63) is 94.8 Å². The molecule has 0 radical (unpaired) electrons. The van der Waals surface area contributed by atoms with Gasteiger partial charge >= 0.3 is 0 Å². The van der Waals surface area contributed by atoms with Crippen LogP contribution >= 0.6 is 0 Å². The van der Waals surface area contributed by atoms with Gasteiger partial charge in [-0.1, -0.05) is 35.9 Å². The fourth-order valence-corrected chi connectivity index (χ4v) is 5.70. The van der Waals surface area contributed by atoms with Gasteiger partial charge in [0.1, 0.15) is 12.4 Å². The first kappa shape index (κ1) is 24.0. The van der Waals surface area contributed by atoms with Crippen LogP contribution in [-0.4, -0.2) is 20.9 Å². The van der Waals surface area contributed by atoms with Gasteiger partial charge in [0, 0.05) is 0 Å². The van der Waals surface area contributed by atoms with Crippen LogP contribution in [0.15, 0.2) is 71.6 Å². The third-order valence-corrected chi connectivity index (χ3v) is 8.05. The number of halogens is 1. The molecule has 178 valence electrons. The predicted molar refractivity (Wildman–Crippen MR) is 132 cm³/mol. The fraction of sp³-hybridized carbons (Fsp3) is 0.296. The van der Waals surface area contributed by atoms with Gasteiger partial charge in [-0.25, -0.2) is 12.8 Å². The van der Waals surface area contributed by atoms with Gasteiger partial charge in [0.25, 0.3) is 10.0 Å². The highest BCUT2D eigenvalue weighted by molar-refractivity contribution is 7.92. The van der Waals surface area contributed by atoms with E-state index in [4.69, 9.17) is 0 Å². The molecule has 0 aliphatic heterocycles. The molecule has 3 aromatic rings. The number of nitrogens with zero attached hydrogens (tertiary/aromatic N) is 1. The normalized spacial score (nSPS) is 14.2. The Morgan fingerprint density at radius 2 is 1.62 bits per heavy atom. The third kappa shape index (κ3) is 5.30. The fourth-order valence-electron chi connectivity index (χ4n) is 4.28. The lowest BCUT2D eigenvalue weighted by Crippen LogP contribution is -2.41. The summed E-state index contributed by atoms with van der Waals surface area (Å²) in [5.74, 6) is -0.924. The summed E-state index contributed by atoms with van der Waals surface area (Å²) in [5, 5.41) is 2.93. The van der Waals surface area contributed by atoms with Gasteiger partial charge in [-0.3, -0.25) is 9.10 Å². The van der Waals surface area contributed by atoms with E-state index in [2.05, 4.69) is 17.4 Å². The molecule has 0 heterocycles. The minimum Gasteiger partial charge on any atom is -0.348 e. The van der Waals surface area contributed by atoms with Gasteiger partial charge in [0.05, 0.1) is 16.6 Å². The lowest BCUT2D eigenvalue weighted by atomic mass is 9.89. The zero-order valence-electron chi connectivity index (χ0n) is 19.4. The number of sulfonamides is 1. The van der Waals surface area contributed by atoms with E-state index in [1.807, 2.05) is 19.9 Å². The molecule has 0 bridgehead atoms. The van der Waals surface area contributed by atoms with Gasteiger partial charge < -0.3 is 5.32 Å². The van der Waals surface area contributed by atoms with Gasteiger partial charge in [0.2, 0.25) is 5.91 Å². The standard InChI is InChI=1S/C27H29FN2O3S/c1-19-7-15-26(16-8-19)34(32,33)30(25-13-11-24(28)12-14-25)18-27(31)29-20(2)22-10-9-21-5-3-4-6-23(21)17-22/h7-17,20H,3-6,18H2,1-2H3,(H,29,31)/t20-/m0/s1. The number of aryl methyl sites for hydroxylation is 3. The molecule has 3 aromatic carbocycles. The Bertz CT molecular complexity index is 1270. The molecule has 1 atom stereocenters. The Kier molecular flexibility index (Phi) is 7.03. The van der Waals surface area contributed by atoms with Gasteiger partial charge in [-0.05, 0) is 92.6 Å². The molecule has 1 aliphatic rings. The van der Waals surface area contributed by atoms with Crippen molar-refractivity contribution in [2.45, 2.75) is 50.5 Å². The number of carbonyl (C=O) groups excluding carboxylic acids is 1. The second-order valence-corrected chi connectivity index (χ2v) is 10.7. The smallest absolute Gasteiger partial charge is 0.264 e. The number of anilines is 1. The van der Waals surface area contributed by atoms with Crippen LogP contribution in [0.3, 0.4) is 0 Å². The van der Waals surface area contributed by atoms with Crippen LogP contribution < -0.4 is 9.62 Å². The maximum Gasteiger partial charge on any atom is 0.264 e. The zero-order valence-corrected chi connectivity index (χ0v) is 20.2.